The SMILES string of the molecule is Cc1ccnc2cc(-c3cc(F)c(C(C)C)c(OP(C)(=O)O)c3)ccc12. The number of fused-ring (bicyclic) bond motifs is 1. The first-order chi connectivity index (χ1) is 12.2. The first kappa shape index (κ1) is 18.6. The lowest BCUT2D eigenvalue weighted by Gasteiger charge is -2.18. The van der Waals surface area contributed by atoms with E-state index in [2.05, 4.69) is 4.98 Å². The minimum absolute atomic E-state index is 0.0978. The quantitative estimate of drug-likeness (QED) is 0.599. The molecule has 1 N–H and O–H groups in total. The molecule has 0 radical (unpaired) electrons. The van der Waals surface area contributed by atoms with Crippen LogP contribution in [0.4, 0.5) is 4.39 Å². The van der Waals surface area contributed by atoms with E-state index >= 15 is 0 Å². The minimum Gasteiger partial charge on any atom is -0.424 e. The Morgan fingerprint density at radius 3 is 2.54 bits per heavy atom. The lowest BCUT2D eigenvalue weighted by Crippen LogP contribution is -2.01. The zero-order valence-corrected chi connectivity index (χ0v) is 16.0. The van der Waals surface area contributed by atoms with E-state index in [1.807, 2.05) is 45.0 Å². The highest BCUT2D eigenvalue weighted by Gasteiger charge is 2.21. The Morgan fingerprint density at radius 2 is 1.88 bits per heavy atom. The van der Waals surface area contributed by atoms with E-state index in [0.717, 1.165) is 28.7 Å². The second-order valence-electron chi connectivity index (χ2n) is 6.78. The van der Waals surface area contributed by atoms with E-state index in [-0.39, 0.29) is 11.7 Å². The average molecular weight is 373 g/mol. The maximum Gasteiger partial charge on any atom is 0.373 e. The topological polar surface area (TPSA) is 59.4 Å². The first-order valence-corrected chi connectivity index (χ1v) is 10.4. The van der Waals surface area contributed by atoms with Crippen LogP contribution in [0.15, 0.2) is 42.6 Å². The number of pyridine rings is 1. The van der Waals surface area contributed by atoms with Crippen molar-refractivity contribution in [1.29, 1.82) is 0 Å². The van der Waals surface area contributed by atoms with Crippen LogP contribution >= 0.6 is 7.60 Å². The van der Waals surface area contributed by atoms with Gasteiger partial charge in [-0.15, -0.1) is 0 Å². The Balaban J connectivity index is 2.18. The summed E-state index contributed by atoms with van der Waals surface area (Å²) in [6.45, 7) is 6.72. The molecule has 136 valence electrons. The molecule has 0 fully saturated rings. The zero-order valence-electron chi connectivity index (χ0n) is 15.2. The highest BCUT2D eigenvalue weighted by atomic mass is 31.2. The van der Waals surface area contributed by atoms with Crippen LogP contribution in [-0.2, 0) is 4.57 Å². The molecule has 0 saturated heterocycles. The molecule has 1 atom stereocenters. The van der Waals surface area contributed by atoms with Crippen LogP contribution in [0.2, 0.25) is 0 Å². The molecular formula is C20H21FNO3P. The van der Waals surface area contributed by atoms with Gasteiger partial charge in [0.05, 0.1) is 5.52 Å². The van der Waals surface area contributed by atoms with Crippen molar-refractivity contribution in [3.63, 3.8) is 0 Å². The predicted molar refractivity (Wildman–Crippen MR) is 102 cm³/mol. The van der Waals surface area contributed by atoms with E-state index in [4.69, 9.17) is 4.52 Å². The van der Waals surface area contributed by atoms with E-state index in [9.17, 15) is 13.8 Å². The summed E-state index contributed by atoms with van der Waals surface area (Å²) in [6.07, 6.45) is 1.73. The lowest BCUT2D eigenvalue weighted by atomic mass is 9.96. The summed E-state index contributed by atoms with van der Waals surface area (Å²) in [5.41, 5.74) is 3.54. The van der Waals surface area contributed by atoms with Gasteiger partial charge in [-0.2, -0.15) is 0 Å². The van der Waals surface area contributed by atoms with Gasteiger partial charge in [0.2, 0.25) is 0 Å². The molecule has 0 amide bonds. The fourth-order valence-corrected chi connectivity index (χ4v) is 3.56. The molecule has 0 aliphatic carbocycles. The molecule has 6 heteroatoms. The predicted octanol–water partition coefficient (Wildman–Crippen LogP) is 5.67. The van der Waals surface area contributed by atoms with Gasteiger partial charge >= 0.3 is 7.60 Å². The molecule has 4 nitrogen and oxygen atoms in total. The van der Waals surface area contributed by atoms with Crippen molar-refractivity contribution < 1.29 is 18.4 Å². The van der Waals surface area contributed by atoms with E-state index in [1.54, 1.807) is 12.3 Å². The highest BCUT2D eigenvalue weighted by molar-refractivity contribution is 7.52. The molecule has 3 aromatic rings. The van der Waals surface area contributed by atoms with Crippen LogP contribution in [0.3, 0.4) is 0 Å². The van der Waals surface area contributed by atoms with Crippen LogP contribution < -0.4 is 4.52 Å². The van der Waals surface area contributed by atoms with Crippen LogP contribution in [0.25, 0.3) is 22.0 Å². The fourth-order valence-electron chi connectivity index (χ4n) is 3.05. The molecule has 0 aliphatic heterocycles. The molecule has 1 heterocycles. The second-order valence-corrected chi connectivity index (χ2v) is 8.57. The standard InChI is InChI=1S/C20H21FNO3P/c1-12(2)20-17(21)9-15(11-19(20)25-26(4,23)24)14-5-6-16-13(3)7-8-22-18(16)10-14/h5-12H,1-4H3,(H,23,24). The minimum atomic E-state index is -3.81. The summed E-state index contributed by atoms with van der Waals surface area (Å²) in [7, 11) is -3.81. The molecule has 0 saturated carbocycles. The van der Waals surface area contributed by atoms with E-state index in [0.29, 0.717) is 11.1 Å². The van der Waals surface area contributed by atoms with Gasteiger partial charge in [0.15, 0.2) is 0 Å². The van der Waals surface area contributed by atoms with E-state index < -0.39 is 13.4 Å². The zero-order chi connectivity index (χ0) is 19.1. The monoisotopic (exact) mass is 373 g/mol. The lowest BCUT2D eigenvalue weighted by molar-refractivity contribution is 0.383. The Morgan fingerprint density at radius 1 is 1.15 bits per heavy atom. The number of hydrogen-bond donors (Lipinski definition) is 1. The molecule has 1 unspecified atom stereocenters. The van der Waals surface area contributed by atoms with Gasteiger partial charge in [0.25, 0.3) is 0 Å². The molecule has 26 heavy (non-hydrogen) atoms. The van der Waals surface area contributed by atoms with E-state index in [1.165, 1.54) is 6.07 Å². The third kappa shape index (κ3) is 3.79. The van der Waals surface area contributed by atoms with Crippen molar-refractivity contribution in [2.45, 2.75) is 26.7 Å². The number of halogens is 1. The normalized spacial score (nSPS) is 13.8. The number of nitrogens with zero attached hydrogens (tertiary/aromatic N) is 1. The molecule has 0 bridgehead atoms. The number of benzene rings is 2. The summed E-state index contributed by atoms with van der Waals surface area (Å²) < 4.78 is 31.7. The van der Waals surface area contributed by atoms with Crippen LogP contribution in [0.1, 0.15) is 30.9 Å². The Bertz CT molecular complexity index is 1030. The highest BCUT2D eigenvalue weighted by Crippen LogP contribution is 2.44. The summed E-state index contributed by atoms with van der Waals surface area (Å²) in [6, 6.07) is 10.7. The largest absolute Gasteiger partial charge is 0.424 e. The molecular weight excluding hydrogens is 352 g/mol. The molecule has 1 aromatic heterocycles. The number of rotatable bonds is 4. The first-order valence-electron chi connectivity index (χ1n) is 8.35. The summed E-state index contributed by atoms with van der Waals surface area (Å²) in [5, 5.41) is 1.03. The van der Waals surface area contributed by atoms with Crippen molar-refractivity contribution in [3.05, 3.63) is 59.5 Å². The van der Waals surface area contributed by atoms with Gasteiger partial charge < -0.3 is 9.42 Å². The maximum atomic E-state index is 14.7. The number of aryl methyl sites for hydroxylation is 1. The van der Waals surface area contributed by atoms with Crippen LogP contribution in [-0.4, -0.2) is 16.5 Å². The molecule has 0 aliphatic rings. The molecule has 2 aromatic carbocycles. The summed E-state index contributed by atoms with van der Waals surface area (Å²) in [4.78, 5) is 14.0. The van der Waals surface area contributed by atoms with Gasteiger partial charge in [-0.1, -0.05) is 26.0 Å². The smallest absolute Gasteiger partial charge is 0.373 e. The van der Waals surface area contributed by atoms with Gasteiger partial charge in [0, 0.05) is 23.8 Å². The van der Waals surface area contributed by atoms with Crippen molar-refractivity contribution in [3.8, 4) is 16.9 Å². The summed E-state index contributed by atoms with van der Waals surface area (Å²) >= 11 is 0. The van der Waals surface area contributed by atoms with Crippen molar-refractivity contribution >= 4 is 18.5 Å². The van der Waals surface area contributed by atoms with Gasteiger partial charge in [0.1, 0.15) is 11.6 Å². The third-order valence-corrected chi connectivity index (χ3v) is 4.77. The average Bonchev–Trinajstić information content (AvgIpc) is 2.52. The Hall–Kier alpha value is -2.23. The second kappa shape index (κ2) is 6.82. The van der Waals surface area contributed by atoms with Gasteiger partial charge in [-0.3, -0.25) is 4.98 Å². The third-order valence-electron chi connectivity index (χ3n) is 4.23. The Kier molecular flexibility index (Phi) is 4.87. The van der Waals surface area contributed by atoms with Crippen molar-refractivity contribution in [2.24, 2.45) is 0 Å². The van der Waals surface area contributed by atoms with Gasteiger partial charge in [-0.05, 0) is 53.8 Å². The maximum absolute atomic E-state index is 14.7. The number of aromatic nitrogens is 1. The van der Waals surface area contributed by atoms with Crippen molar-refractivity contribution in [2.75, 3.05) is 6.66 Å². The van der Waals surface area contributed by atoms with Crippen LogP contribution in [0.5, 0.6) is 5.75 Å². The van der Waals surface area contributed by atoms with Gasteiger partial charge in [-0.25, -0.2) is 8.96 Å². The fraction of sp³-hybridized carbons (Fsp3) is 0.250. The number of hydrogen-bond acceptors (Lipinski definition) is 3. The molecule has 3 rings (SSSR count). The molecule has 0 spiro atoms. The van der Waals surface area contributed by atoms with Crippen LogP contribution in [0, 0.1) is 12.7 Å². The Labute approximate surface area is 152 Å². The van der Waals surface area contributed by atoms with Crippen molar-refractivity contribution in [1.82, 2.24) is 4.98 Å². The summed E-state index contributed by atoms with van der Waals surface area (Å²) in [5.74, 6) is -0.551.